The van der Waals surface area contributed by atoms with Gasteiger partial charge in [0.2, 0.25) is 0 Å². The van der Waals surface area contributed by atoms with Gasteiger partial charge in [0.15, 0.2) is 23.0 Å². The number of aryl methyl sites for hydroxylation is 5. The molecule has 0 aliphatic rings. The number of benzene rings is 4. The molecular weight excluding hydrogens is 1130 g/mol. The molecule has 0 bridgehead atoms. The van der Waals surface area contributed by atoms with E-state index in [1.807, 2.05) is 13.8 Å². The van der Waals surface area contributed by atoms with E-state index in [0.29, 0.717) is 24.0 Å². The first-order valence-electron chi connectivity index (χ1n) is 31.8. The number of aromatic hydroxyl groups is 4. The Labute approximate surface area is 515 Å². The maximum atomic E-state index is 10.7. The molecule has 4 rings (SSSR count). The van der Waals surface area contributed by atoms with Crippen LogP contribution in [-0.2, 0) is 52.5 Å². The van der Waals surface area contributed by atoms with Crippen LogP contribution in [0.2, 0.25) is 0 Å². The largest absolute Gasteiger partial charge is 2.00 e. The van der Waals surface area contributed by atoms with Gasteiger partial charge in [0.25, 0.3) is 0 Å². The average Bonchev–Trinajstić information content (AvgIpc) is 3.54. The number of unbranched alkanes of at least 4 members (excludes halogenated alkanes) is 19. The van der Waals surface area contributed by atoms with Crippen LogP contribution in [0.4, 0.5) is 11.4 Å². The number of aromatic carboxylic acids is 2. The van der Waals surface area contributed by atoms with E-state index in [2.05, 4.69) is 101 Å². The van der Waals surface area contributed by atoms with Gasteiger partial charge in [-0.25, -0.2) is 4.99 Å². The number of carboxylic acids is 2. The first-order chi connectivity index (χ1) is 39.8. The average molecular weight is 1230 g/mol. The molecule has 0 unspecified atom stereocenters. The SMILES string of the molecule is CCCCCCCCC#CCCc1ccccc1N=C(CCCCC)C(C=CCCCCCCCCC)=Nc1cc(CCCCC)cc(CCCCC)c1.CCCc1ccc(O)c(O)c1C(=O)[O-].CCCc1ccc(O)c(O)c1C(=O)[O-].[Pd+2]. The summed E-state index contributed by atoms with van der Waals surface area (Å²) >= 11 is 0. The third kappa shape index (κ3) is 31.7. The second-order valence-corrected chi connectivity index (χ2v) is 21.8. The minimum absolute atomic E-state index is 0. The molecular formula is C72H104N2O8Pd. The van der Waals surface area contributed by atoms with E-state index in [-0.39, 0.29) is 31.5 Å². The number of carbonyl (C=O) groups is 2. The van der Waals surface area contributed by atoms with Crippen LogP contribution in [0.15, 0.2) is 88.9 Å². The van der Waals surface area contributed by atoms with Crippen LogP contribution in [0, 0.1) is 11.8 Å². The molecule has 4 N–H and O–H groups in total. The molecule has 0 aliphatic carbocycles. The van der Waals surface area contributed by atoms with Crippen molar-refractivity contribution < 1.29 is 60.7 Å². The number of nitrogens with zero attached hydrogens (tertiary/aromatic N) is 2. The zero-order valence-corrected chi connectivity index (χ0v) is 53.5. The van der Waals surface area contributed by atoms with Gasteiger partial charge in [-0.05, 0) is 141 Å². The molecule has 0 aliphatic heterocycles. The van der Waals surface area contributed by atoms with Crippen LogP contribution < -0.4 is 10.2 Å². The third-order valence-electron chi connectivity index (χ3n) is 14.5. The summed E-state index contributed by atoms with van der Waals surface area (Å²) in [6.45, 7) is 15.2. The topological polar surface area (TPSA) is 186 Å². The number of rotatable bonds is 38. The Bertz CT molecular complexity index is 2490. The van der Waals surface area contributed by atoms with Gasteiger partial charge in [-0.1, -0.05) is 213 Å². The van der Waals surface area contributed by atoms with Gasteiger partial charge in [0, 0.05) is 24.0 Å². The van der Waals surface area contributed by atoms with Crippen LogP contribution in [-0.4, -0.2) is 43.8 Å². The number of carboxylic acid groups (broad SMARTS) is 2. The van der Waals surface area contributed by atoms with Crippen LogP contribution in [0.5, 0.6) is 23.0 Å². The molecule has 0 heterocycles. The van der Waals surface area contributed by atoms with E-state index >= 15 is 0 Å². The van der Waals surface area contributed by atoms with Gasteiger partial charge in [-0.3, -0.25) is 4.99 Å². The van der Waals surface area contributed by atoms with Crippen molar-refractivity contribution in [2.45, 2.75) is 260 Å². The molecule has 4 aromatic carbocycles. The Morgan fingerprint density at radius 3 is 1.43 bits per heavy atom. The quantitative estimate of drug-likeness (QED) is 0.0112. The van der Waals surface area contributed by atoms with Crippen molar-refractivity contribution in [3.63, 3.8) is 0 Å². The number of para-hydroxylation sites is 1. The molecule has 0 aromatic heterocycles. The zero-order valence-electron chi connectivity index (χ0n) is 52.0. The van der Waals surface area contributed by atoms with E-state index in [1.54, 1.807) is 0 Å². The van der Waals surface area contributed by atoms with E-state index in [0.717, 1.165) is 87.0 Å². The molecule has 0 saturated heterocycles. The molecule has 0 fully saturated rings. The Morgan fingerprint density at radius 2 is 0.928 bits per heavy atom. The first-order valence-corrected chi connectivity index (χ1v) is 31.8. The van der Waals surface area contributed by atoms with Crippen molar-refractivity contribution in [2.75, 3.05) is 0 Å². The van der Waals surface area contributed by atoms with E-state index in [1.165, 1.54) is 176 Å². The number of aliphatic imine (C=N–C) groups is 2. The van der Waals surface area contributed by atoms with Crippen molar-refractivity contribution in [2.24, 2.45) is 9.98 Å². The number of phenolic OH excluding ortho intramolecular Hbond substituents is 2. The maximum absolute atomic E-state index is 10.7. The summed E-state index contributed by atoms with van der Waals surface area (Å²) in [5, 5.41) is 58.2. The smallest absolute Gasteiger partial charge is 0.545 e. The van der Waals surface area contributed by atoms with Gasteiger partial charge in [0.05, 0.1) is 34.7 Å². The zero-order chi connectivity index (χ0) is 60.2. The Balaban J connectivity index is 0.000000955. The van der Waals surface area contributed by atoms with Crippen molar-refractivity contribution in [3.05, 3.63) is 118 Å². The fraction of sp³-hybridized carbons (Fsp3) is 0.556. The predicted octanol–water partition coefficient (Wildman–Crippen LogP) is 17.8. The monoisotopic (exact) mass is 1230 g/mol. The number of hydrogen-bond donors (Lipinski definition) is 4. The number of carbonyl (C=O) groups excluding carboxylic acids is 2. The predicted molar refractivity (Wildman–Crippen MR) is 340 cm³/mol. The summed E-state index contributed by atoms with van der Waals surface area (Å²) in [6.07, 6.45) is 42.8. The standard InChI is InChI=1S/C52H82N2.2C10H12O4.Pd/c1-6-11-16-18-20-22-24-25-27-32-38-48-39-34-35-40-50(48)54-52(41-31-15-10-5)51(42-33-28-26-23-21-19-17-12-7-2)53-49-44-46(36-29-13-8-3)43-47(45-49)37-30-14-9-4;2*1-2-3-6-4-5-7(11)9(12)8(6)10(13)14;/h33-35,39-40,42-45H,6-24,26,28-32,36-38,41H2,1-5H3;2*4-5,11-12H,2-3H2,1H3,(H,13,14);/q;;;+2/p-2. The molecule has 4 aromatic rings. The molecule has 0 spiro atoms. The summed E-state index contributed by atoms with van der Waals surface area (Å²) < 4.78 is 0. The van der Waals surface area contributed by atoms with E-state index < -0.39 is 34.9 Å². The second-order valence-electron chi connectivity index (χ2n) is 21.8. The molecule has 83 heavy (non-hydrogen) atoms. The van der Waals surface area contributed by atoms with E-state index in [4.69, 9.17) is 20.2 Å². The minimum Gasteiger partial charge on any atom is -0.545 e. The number of phenols is 4. The van der Waals surface area contributed by atoms with Crippen molar-refractivity contribution >= 4 is 34.7 Å². The van der Waals surface area contributed by atoms with Crippen LogP contribution in [0.1, 0.15) is 277 Å². The fourth-order valence-corrected chi connectivity index (χ4v) is 9.79. The molecule has 10 nitrogen and oxygen atoms in total. The summed E-state index contributed by atoms with van der Waals surface area (Å²) in [7, 11) is 0. The molecule has 0 radical (unpaired) electrons. The summed E-state index contributed by atoms with van der Waals surface area (Å²) in [5.41, 5.74) is 8.86. The van der Waals surface area contributed by atoms with Crippen molar-refractivity contribution in [1.29, 1.82) is 0 Å². The summed E-state index contributed by atoms with van der Waals surface area (Å²) in [4.78, 5) is 32.4. The van der Waals surface area contributed by atoms with Gasteiger partial charge >= 0.3 is 20.4 Å². The number of hydrogen-bond acceptors (Lipinski definition) is 10. The Morgan fingerprint density at radius 1 is 0.470 bits per heavy atom. The van der Waals surface area contributed by atoms with Crippen LogP contribution in [0.25, 0.3) is 0 Å². The first kappa shape index (κ1) is 75.3. The molecule has 0 amide bonds. The summed E-state index contributed by atoms with van der Waals surface area (Å²) in [6, 6.07) is 21.5. The molecule has 460 valence electrons. The van der Waals surface area contributed by atoms with Crippen LogP contribution in [0.3, 0.4) is 0 Å². The normalized spacial score (nSPS) is 11.3. The maximum Gasteiger partial charge on any atom is 2.00 e. The molecule has 0 atom stereocenters. The van der Waals surface area contributed by atoms with Gasteiger partial charge in [-0.15, -0.1) is 11.8 Å². The van der Waals surface area contributed by atoms with Crippen LogP contribution >= 0.6 is 0 Å². The van der Waals surface area contributed by atoms with Crippen molar-refractivity contribution in [1.82, 2.24) is 0 Å². The Hall–Kier alpha value is -5.68. The molecule has 11 heteroatoms. The fourth-order valence-electron chi connectivity index (χ4n) is 9.79. The molecule has 0 saturated carbocycles. The van der Waals surface area contributed by atoms with Gasteiger partial charge < -0.3 is 40.2 Å². The minimum atomic E-state index is -1.47. The van der Waals surface area contributed by atoms with E-state index in [9.17, 15) is 30.0 Å². The Kier molecular flexibility index (Phi) is 43.3. The third-order valence-corrected chi connectivity index (χ3v) is 14.5. The van der Waals surface area contributed by atoms with Gasteiger partial charge in [0.1, 0.15) is 0 Å². The van der Waals surface area contributed by atoms with Crippen molar-refractivity contribution in [3.8, 4) is 34.8 Å². The second kappa shape index (κ2) is 47.7. The van der Waals surface area contributed by atoms with Gasteiger partial charge in [-0.2, -0.15) is 0 Å². The summed E-state index contributed by atoms with van der Waals surface area (Å²) in [5.74, 6) is 1.90. The number of allylic oxidation sites excluding steroid dienone is 2.